The lowest BCUT2D eigenvalue weighted by Gasteiger charge is -2.18. The first-order valence-electron chi connectivity index (χ1n) is 6.99. The number of methoxy groups -OCH3 is 1. The average molecular weight is 292 g/mol. The number of carboxylic acid groups (broad SMARTS) is 1. The highest BCUT2D eigenvalue weighted by Gasteiger charge is 2.28. The maximum absolute atomic E-state index is 11.9. The Morgan fingerprint density at radius 1 is 1.43 bits per heavy atom. The summed E-state index contributed by atoms with van der Waals surface area (Å²) < 4.78 is 5.36. The number of nitrogens with one attached hydrogen (secondary N) is 1. The summed E-state index contributed by atoms with van der Waals surface area (Å²) in [6, 6.07) is 7.63. The van der Waals surface area contributed by atoms with Crippen LogP contribution in [-0.2, 0) is 4.79 Å². The van der Waals surface area contributed by atoms with E-state index in [1.54, 1.807) is 12.0 Å². The Morgan fingerprint density at radius 3 is 2.90 bits per heavy atom. The molecule has 0 saturated carbocycles. The zero-order valence-electron chi connectivity index (χ0n) is 12.0. The van der Waals surface area contributed by atoms with Crippen molar-refractivity contribution in [1.29, 1.82) is 0 Å². The first kappa shape index (κ1) is 15.2. The molecule has 1 aliphatic heterocycles. The monoisotopic (exact) mass is 292 g/mol. The average Bonchev–Trinajstić information content (AvgIpc) is 2.96. The van der Waals surface area contributed by atoms with Crippen molar-refractivity contribution in [2.24, 2.45) is 0 Å². The van der Waals surface area contributed by atoms with E-state index >= 15 is 0 Å². The number of benzene rings is 1. The van der Waals surface area contributed by atoms with E-state index in [2.05, 4.69) is 5.32 Å². The van der Waals surface area contributed by atoms with Gasteiger partial charge in [0, 0.05) is 25.6 Å². The van der Waals surface area contributed by atoms with Gasteiger partial charge in [0.25, 0.3) is 0 Å². The summed E-state index contributed by atoms with van der Waals surface area (Å²) in [7, 11) is 1.64. The van der Waals surface area contributed by atoms with Gasteiger partial charge in [-0.15, -0.1) is 0 Å². The smallest absolute Gasteiger partial charge is 0.317 e. The molecule has 0 bridgehead atoms. The molecule has 1 aromatic carbocycles. The van der Waals surface area contributed by atoms with Crippen LogP contribution < -0.4 is 10.1 Å². The number of hydrogen-bond acceptors (Lipinski definition) is 3. The van der Waals surface area contributed by atoms with Crippen LogP contribution in [0.3, 0.4) is 0 Å². The summed E-state index contributed by atoms with van der Waals surface area (Å²) in [5.41, 5.74) is 1.11. The minimum absolute atomic E-state index is 0.0600. The number of urea groups is 1. The molecule has 1 atom stereocenters. The molecule has 1 unspecified atom stereocenters. The third kappa shape index (κ3) is 3.87. The summed E-state index contributed by atoms with van der Waals surface area (Å²) in [6.45, 7) is 1.45. The zero-order valence-corrected chi connectivity index (χ0v) is 12.0. The van der Waals surface area contributed by atoms with Gasteiger partial charge in [-0.3, -0.25) is 4.79 Å². The van der Waals surface area contributed by atoms with Crippen LogP contribution in [0.4, 0.5) is 4.79 Å². The number of amides is 2. The van der Waals surface area contributed by atoms with Crippen molar-refractivity contribution < 1.29 is 19.4 Å². The van der Waals surface area contributed by atoms with Gasteiger partial charge in [-0.1, -0.05) is 18.2 Å². The molecular weight excluding hydrogens is 272 g/mol. The van der Waals surface area contributed by atoms with Crippen LogP contribution in [0.25, 0.3) is 0 Å². The molecule has 1 aromatic rings. The van der Waals surface area contributed by atoms with Crippen molar-refractivity contribution in [3.8, 4) is 5.75 Å². The van der Waals surface area contributed by atoms with Gasteiger partial charge in [-0.2, -0.15) is 0 Å². The van der Waals surface area contributed by atoms with E-state index < -0.39 is 5.97 Å². The molecule has 6 nitrogen and oxygen atoms in total. The molecule has 0 radical (unpaired) electrons. The van der Waals surface area contributed by atoms with Gasteiger partial charge >= 0.3 is 12.0 Å². The molecule has 2 amide bonds. The number of aliphatic carboxylic acids is 1. The van der Waals surface area contributed by atoms with E-state index in [0.717, 1.165) is 17.7 Å². The van der Waals surface area contributed by atoms with E-state index in [1.165, 1.54) is 0 Å². The van der Waals surface area contributed by atoms with E-state index in [9.17, 15) is 9.59 Å². The van der Waals surface area contributed by atoms with E-state index in [4.69, 9.17) is 9.84 Å². The summed E-state index contributed by atoms with van der Waals surface area (Å²) >= 11 is 0. The quantitative estimate of drug-likeness (QED) is 0.865. The molecule has 0 spiro atoms. The Hall–Kier alpha value is -2.24. The molecule has 1 fully saturated rings. The number of carbonyl (C=O) groups excluding carboxylic acids is 1. The number of nitrogens with zero attached hydrogens (tertiary/aromatic N) is 1. The lowest BCUT2D eigenvalue weighted by atomic mass is 9.97. The fourth-order valence-corrected chi connectivity index (χ4v) is 2.59. The second kappa shape index (κ2) is 6.97. The van der Waals surface area contributed by atoms with Crippen LogP contribution in [0.2, 0.25) is 0 Å². The third-order valence-electron chi connectivity index (χ3n) is 3.67. The predicted molar refractivity (Wildman–Crippen MR) is 77.6 cm³/mol. The van der Waals surface area contributed by atoms with Crippen molar-refractivity contribution in [3.63, 3.8) is 0 Å². The Bertz CT molecular complexity index is 518. The minimum Gasteiger partial charge on any atom is -0.496 e. The maximum Gasteiger partial charge on any atom is 0.317 e. The first-order chi connectivity index (χ1) is 10.1. The Balaban J connectivity index is 1.91. The molecule has 1 aliphatic rings. The number of para-hydroxylation sites is 1. The van der Waals surface area contributed by atoms with Gasteiger partial charge in [0.1, 0.15) is 5.75 Å². The second-order valence-corrected chi connectivity index (χ2v) is 5.05. The van der Waals surface area contributed by atoms with E-state index in [-0.39, 0.29) is 24.9 Å². The normalized spacial score (nSPS) is 17.6. The highest BCUT2D eigenvalue weighted by molar-refractivity contribution is 5.75. The number of hydrogen-bond donors (Lipinski definition) is 2. The standard InChI is InChI=1S/C15H20N2O4/c1-21-13-5-3-2-4-12(13)11-7-9-17(10-11)15(20)16-8-6-14(18)19/h2-5,11H,6-10H2,1H3,(H,16,20)(H,18,19). The predicted octanol–water partition coefficient (Wildman–Crippen LogP) is 1.67. The van der Waals surface area contributed by atoms with Gasteiger partial charge in [0.05, 0.1) is 13.5 Å². The highest BCUT2D eigenvalue weighted by atomic mass is 16.5. The lowest BCUT2D eigenvalue weighted by Crippen LogP contribution is -2.39. The molecule has 2 N–H and O–H groups in total. The molecule has 0 aliphatic carbocycles. The summed E-state index contributed by atoms with van der Waals surface area (Å²) in [5, 5.41) is 11.2. The van der Waals surface area contributed by atoms with Gasteiger partial charge in [0.15, 0.2) is 0 Å². The van der Waals surface area contributed by atoms with Gasteiger partial charge in [0.2, 0.25) is 0 Å². The van der Waals surface area contributed by atoms with Crippen molar-refractivity contribution in [1.82, 2.24) is 10.2 Å². The molecule has 2 rings (SSSR count). The van der Waals surface area contributed by atoms with E-state index in [0.29, 0.717) is 13.1 Å². The molecule has 0 aromatic heterocycles. The minimum atomic E-state index is -0.913. The zero-order chi connectivity index (χ0) is 15.2. The molecule has 114 valence electrons. The Labute approximate surface area is 123 Å². The summed E-state index contributed by atoms with van der Waals surface area (Å²) in [4.78, 5) is 24.1. The fourth-order valence-electron chi connectivity index (χ4n) is 2.59. The first-order valence-corrected chi connectivity index (χ1v) is 6.99. The van der Waals surface area contributed by atoms with Gasteiger partial charge < -0.3 is 20.1 Å². The summed E-state index contributed by atoms with van der Waals surface area (Å²) in [5.74, 6) is 0.186. The number of carboxylic acids is 1. The molecule has 21 heavy (non-hydrogen) atoms. The molecule has 6 heteroatoms. The Kier molecular flexibility index (Phi) is 5.03. The number of carbonyl (C=O) groups is 2. The van der Waals surface area contributed by atoms with Crippen LogP contribution in [0.1, 0.15) is 24.3 Å². The lowest BCUT2D eigenvalue weighted by molar-refractivity contribution is -0.136. The van der Waals surface area contributed by atoms with Crippen LogP contribution in [0.15, 0.2) is 24.3 Å². The topological polar surface area (TPSA) is 78.9 Å². The van der Waals surface area contributed by atoms with Crippen LogP contribution in [0, 0.1) is 0 Å². The third-order valence-corrected chi connectivity index (χ3v) is 3.67. The van der Waals surface area contributed by atoms with E-state index in [1.807, 2.05) is 24.3 Å². The van der Waals surface area contributed by atoms with Crippen LogP contribution >= 0.6 is 0 Å². The van der Waals surface area contributed by atoms with Gasteiger partial charge in [-0.25, -0.2) is 4.79 Å². The van der Waals surface area contributed by atoms with Crippen molar-refractivity contribution >= 4 is 12.0 Å². The van der Waals surface area contributed by atoms with Crippen molar-refractivity contribution in [2.75, 3.05) is 26.7 Å². The molecule has 1 saturated heterocycles. The molecular formula is C15H20N2O4. The number of likely N-dealkylation sites (tertiary alicyclic amines) is 1. The van der Waals surface area contributed by atoms with Gasteiger partial charge in [-0.05, 0) is 18.1 Å². The number of rotatable bonds is 5. The summed E-state index contributed by atoms with van der Waals surface area (Å²) in [6.07, 6.45) is 0.822. The SMILES string of the molecule is COc1ccccc1C1CCN(C(=O)NCCC(=O)O)C1. The highest BCUT2D eigenvalue weighted by Crippen LogP contribution is 2.33. The maximum atomic E-state index is 11.9. The second-order valence-electron chi connectivity index (χ2n) is 5.05. The number of ether oxygens (including phenoxy) is 1. The van der Waals surface area contributed by atoms with Crippen LogP contribution in [0.5, 0.6) is 5.75 Å². The fraction of sp³-hybridized carbons (Fsp3) is 0.467. The largest absolute Gasteiger partial charge is 0.496 e. The Morgan fingerprint density at radius 2 is 2.19 bits per heavy atom. The van der Waals surface area contributed by atoms with Crippen molar-refractivity contribution in [3.05, 3.63) is 29.8 Å². The molecule has 1 heterocycles. The van der Waals surface area contributed by atoms with Crippen molar-refractivity contribution in [2.45, 2.75) is 18.8 Å². The van der Waals surface area contributed by atoms with Crippen LogP contribution in [-0.4, -0.2) is 48.8 Å².